The summed E-state index contributed by atoms with van der Waals surface area (Å²) in [6, 6.07) is 0.345. The number of fused-ring (bicyclic) bond motifs is 1. The van der Waals surface area contributed by atoms with E-state index in [0.29, 0.717) is 24.3 Å². The molecular formula is C20H34N6O2. The highest BCUT2D eigenvalue weighted by molar-refractivity contribution is 6.00. The minimum Gasteiger partial charge on any atom is -0.496 e. The Morgan fingerprint density at radius 3 is 2.89 bits per heavy atom. The SMILES string of the molecule is C=C/N=C(\C=C(/N)N1CCN(C)[C@H](O)C1)C1NN[C@@H]2CC=C(OC(C)C)C[C@H]12. The Hall–Kier alpha value is -1.87. The molecule has 3 rings (SSSR count). The Labute approximate surface area is 167 Å². The number of aliphatic hydroxyl groups excluding tert-OH is 1. The zero-order valence-corrected chi connectivity index (χ0v) is 17.1. The number of nitrogens with two attached hydrogens (primary N) is 1. The molecule has 156 valence electrons. The molecule has 2 fully saturated rings. The molecule has 8 nitrogen and oxygen atoms in total. The van der Waals surface area contributed by atoms with E-state index >= 15 is 0 Å². The number of ether oxygens (including phenoxy) is 1. The first-order valence-corrected chi connectivity index (χ1v) is 10.0. The Kier molecular flexibility index (Phi) is 6.77. The molecule has 1 aliphatic carbocycles. The van der Waals surface area contributed by atoms with Crippen LogP contribution in [0.1, 0.15) is 26.7 Å². The van der Waals surface area contributed by atoms with Crippen molar-refractivity contribution in [2.75, 3.05) is 26.7 Å². The maximum atomic E-state index is 10.1. The topological polar surface area (TPSA) is 98.4 Å². The van der Waals surface area contributed by atoms with Crippen LogP contribution in [0, 0.1) is 5.92 Å². The van der Waals surface area contributed by atoms with E-state index in [4.69, 9.17) is 10.5 Å². The van der Waals surface area contributed by atoms with Gasteiger partial charge in [0.05, 0.1) is 30.2 Å². The molecule has 0 aromatic rings. The van der Waals surface area contributed by atoms with Gasteiger partial charge < -0.3 is 20.5 Å². The quantitative estimate of drug-likeness (QED) is 0.490. The number of β-amino-alcohol motifs (C(OH)–C–C–N with tert-alkyl or cyclic N) is 1. The molecule has 1 unspecified atom stereocenters. The molecule has 2 saturated heterocycles. The molecular weight excluding hydrogens is 356 g/mol. The largest absolute Gasteiger partial charge is 0.496 e. The highest BCUT2D eigenvalue weighted by Crippen LogP contribution is 2.32. The summed E-state index contributed by atoms with van der Waals surface area (Å²) in [5, 5.41) is 10.1. The molecule has 5 N–H and O–H groups in total. The Balaban J connectivity index is 1.74. The van der Waals surface area contributed by atoms with Gasteiger partial charge >= 0.3 is 0 Å². The van der Waals surface area contributed by atoms with Crippen molar-refractivity contribution >= 4 is 5.71 Å². The number of hydrogen-bond donors (Lipinski definition) is 4. The van der Waals surface area contributed by atoms with Crippen LogP contribution in [0.4, 0.5) is 0 Å². The van der Waals surface area contributed by atoms with Crippen LogP contribution in [0.15, 0.2) is 41.5 Å². The van der Waals surface area contributed by atoms with Crippen LogP contribution in [-0.4, -0.2) is 71.7 Å². The number of piperazine rings is 1. The lowest BCUT2D eigenvalue weighted by atomic mass is 9.82. The Morgan fingerprint density at radius 2 is 2.21 bits per heavy atom. The highest BCUT2D eigenvalue weighted by Gasteiger charge is 2.40. The second kappa shape index (κ2) is 9.09. The predicted molar refractivity (Wildman–Crippen MR) is 111 cm³/mol. The minimum atomic E-state index is -0.518. The van der Waals surface area contributed by atoms with Gasteiger partial charge in [0.2, 0.25) is 0 Å². The van der Waals surface area contributed by atoms with Crippen molar-refractivity contribution in [3.05, 3.63) is 36.5 Å². The lowest BCUT2D eigenvalue weighted by Gasteiger charge is -2.38. The smallest absolute Gasteiger partial charge is 0.124 e. The van der Waals surface area contributed by atoms with Gasteiger partial charge in [0.15, 0.2) is 0 Å². The first-order chi connectivity index (χ1) is 13.4. The number of allylic oxidation sites excluding steroid dienone is 1. The zero-order chi connectivity index (χ0) is 20.3. The van der Waals surface area contributed by atoms with E-state index in [0.717, 1.165) is 37.4 Å². The maximum Gasteiger partial charge on any atom is 0.124 e. The summed E-state index contributed by atoms with van der Waals surface area (Å²) < 4.78 is 5.95. The molecule has 28 heavy (non-hydrogen) atoms. The van der Waals surface area contributed by atoms with Gasteiger partial charge in [-0.2, -0.15) is 0 Å². The van der Waals surface area contributed by atoms with E-state index in [1.807, 2.05) is 36.8 Å². The Bertz CT molecular complexity index is 659. The second-order valence-electron chi connectivity index (χ2n) is 8.03. The van der Waals surface area contributed by atoms with Crippen molar-refractivity contribution in [3.8, 4) is 0 Å². The molecule has 2 heterocycles. The summed E-state index contributed by atoms with van der Waals surface area (Å²) in [6.07, 6.45) is 7.06. The summed E-state index contributed by atoms with van der Waals surface area (Å²) in [6.45, 7) is 9.89. The number of nitrogens with one attached hydrogen (secondary N) is 2. The molecule has 0 saturated carbocycles. The molecule has 3 aliphatic rings. The van der Waals surface area contributed by atoms with Crippen LogP contribution in [0.3, 0.4) is 0 Å². The normalized spacial score (nSPS) is 32.3. The average Bonchev–Trinajstić information content (AvgIpc) is 3.06. The number of rotatable bonds is 6. The fourth-order valence-electron chi connectivity index (χ4n) is 4.05. The van der Waals surface area contributed by atoms with Gasteiger partial charge in [-0.05, 0) is 33.4 Å². The lowest BCUT2D eigenvalue weighted by molar-refractivity contribution is -0.0314. The third kappa shape index (κ3) is 4.75. The van der Waals surface area contributed by atoms with Crippen LogP contribution < -0.4 is 16.6 Å². The Morgan fingerprint density at radius 1 is 1.43 bits per heavy atom. The maximum absolute atomic E-state index is 10.1. The predicted octanol–water partition coefficient (Wildman–Crippen LogP) is 0.501. The average molecular weight is 391 g/mol. The molecule has 0 bridgehead atoms. The number of aliphatic hydroxyl groups is 1. The minimum absolute atomic E-state index is 0.0124. The highest BCUT2D eigenvalue weighted by atomic mass is 16.5. The third-order valence-electron chi connectivity index (χ3n) is 5.63. The molecule has 0 aromatic heterocycles. The third-order valence-corrected chi connectivity index (χ3v) is 5.63. The van der Waals surface area contributed by atoms with Gasteiger partial charge in [-0.25, -0.2) is 5.43 Å². The van der Waals surface area contributed by atoms with Gasteiger partial charge in [0.1, 0.15) is 12.0 Å². The van der Waals surface area contributed by atoms with Gasteiger partial charge in [0, 0.05) is 43.7 Å². The fraction of sp³-hybridized carbons (Fsp3) is 0.650. The van der Waals surface area contributed by atoms with Gasteiger partial charge in [-0.1, -0.05) is 6.58 Å². The standard InChI is InChI=1S/C20H34N6O2/c1-5-22-17(11-18(21)26-9-8-25(4)19(27)12-26)20-15-10-14(28-13(2)3)6-7-16(15)23-24-20/h5-6,11,13,15-16,19-20,23-24,27H,1,7-10,12,21H2,2-4H3/b18-11+,22-17+/t15-,16+,19+,20?/m0/s1. The van der Waals surface area contributed by atoms with E-state index in [2.05, 4.69) is 28.5 Å². The van der Waals surface area contributed by atoms with Crippen LogP contribution in [-0.2, 0) is 4.74 Å². The summed E-state index contributed by atoms with van der Waals surface area (Å²) in [5.41, 5.74) is 14.0. The van der Waals surface area contributed by atoms with Crippen molar-refractivity contribution in [3.63, 3.8) is 0 Å². The van der Waals surface area contributed by atoms with Crippen LogP contribution in [0.25, 0.3) is 0 Å². The van der Waals surface area contributed by atoms with E-state index in [-0.39, 0.29) is 12.1 Å². The lowest BCUT2D eigenvalue weighted by Crippen LogP contribution is -2.52. The second-order valence-corrected chi connectivity index (χ2v) is 8.03. The number of likely N-dealkylation sites (N-methyl/N-ethyl adjacent to an activating group) is 1. The molecule has 2 aliphatic heterocycles. The van der Waals surface area contributed by atoms with E-state index in [1.165, 1.54) is 0 Å². The van der Waals surface area contributed by atoms with Crippen molar-refractivity contribution in [1.82, 2.24) is 20.7 Å². The van der Waals surface area contributed by atoms with Gasteiger partial charge in [-0.15, -0.1) is 0 Å². The van der Waals surface area contributed by atoms with Crippen LogP contribution in [0.2, 0.25) is 0 Å². The van der Waals surface area contributed by atoms with E-state index < -0.39 is 6.23 Å². The first-order valence-electron chi connectivity index (χ1n) is 10.0. The first kappa shape index (κ1) is 20.9. The number of nitrogens with zero attached hydrogens (tertiary/aromatic N) is 3. The number of hydrazine groups is 1. The van der Waals surface area contributed by atoms with Crippen LogP contribution >= 0.6 is 0 Å². The van der Waals surface area contributed by atoms with Crippen LogP contribution in [0.5, 0.6) is 0 Å². The summed E-state index contributed by atoms with van der Waals surface area (Å²) in [7, 11) is 1.91. The molecule has 0 radical (unpaired) electrons. The van der Waals surface area contributed by atoms with Gasteiger partial charge in [-0.3, -0.25) is 15.3 Å². The van der Waals surface area contributed by atoms with Crippen molar-refractivity contribution < 1.29 is 9.84 Å². The van der Waals surface area contributed by atoms with Gasteiger partial charge in [0.25, 0.3) is 0 Å². The molecule has 0 aromatic carbocycles. The summed E-state index contributed by atoms with van der Waals surface area (Å²) in [5.74, 6) is 1.98. The fourth-order valence-corrected chi connectivity index (χ4v) is 4.05. The number of aliphatic imine (C=N–C) groups is 1. The van der Waals surface area contributed by atoms with Crippen molar-refractivity contribution in [2.45, 2.75) is 51.1 Å². The summed E-state index contributed by atoms with van der Waals surface area (Å²) >= 11 is 0. The molecule has 4 atom stereocenters. The molecule has 0 amide bonds. The zero-order valence-electron chi connectivity index (χ0n) is 17.1. The molecule has 8 heteroatoms. The summed E-state index contributed by atoms with van der Waals surface area (Å²) in [4.78, 5) is 8.43. The monoisotopic (exact) mass is 390 g/mol. The van der Waals surface area contributed by atoms with E-state index in [9.17, 15) is 5.11 Å². The molecule has 0 spiro atoms. The van der Waals surface area contributed by atoms with E-state index in [1.54, 1.807) is 6.20 Å². The van der Waals surface area contributed by atoms with Crippen molar-refractivity contribution in [1.29, 1.82) is 0 Å². The number of hydrogen-bond acceptors (Lipinski definition) is 8. The van der Waals surface area contributed by atoms with Crippen molar-refractivity contribution in [2.24, 2.45) is 16.6 Å².